The van der Waals surface area contributed by atoms with Crippen molar-refractivity contribution in [3.05, 3.63) is 58.5 Å². The zero-order chi connectivity index (χ0) is 15.7. The van der Waals surface area contributed by atoms with Gasteiger partial charge in [-0.05, 0) is 42.7 Å². The number of carbonyl (C=O) groups excluding carboxylic acids is 1. The summed E-state index contributed by atoms with van der Waals surface area (Å²) in [5, 5.41) is 12.2. The zero-order valence-corrected chi connectivity index (χ0v) is 12.4. The van der Waals surface area contributed by atoms with Crippen LogP contribution in [-0.4, -0.2) is 17.0 Å². The Kier molecular flexibility index (Phi) is 3.66. The van der Waals surface area contributed by atoms with Gasteiger partial charge in [0, 0.05) is 5.02 Å². The number of furan rings is 1. The van der Waals surface area contributed by atoms with Crippen molar-refractivity contribution in [1.29, 1.82) is 0 Å². The highest BCUT2D eigenvalue weighted by Gasteiger charge is 2.51. The molecule has 0 atom stereocenters. The molecule has 22 heavy (non-hydrogen) atoms. The number of benzene rings is 1. The summed E-state index contributed by atoms with van der Waals surface area (Å²) in [6.07, 6.45) is 1.55. The number of rotatable bonds is 5. The van der Waals surface area contributed by atoms with Crippen LogP contribution in [0.25, 0.3) is 0 Å². The van der Waals surface area contributed by atoms with Crippen LogP contribution in [0.15, 0.2) is 40.8 Å². The second-order valence-electron chi connectivity index (χ2n) is 5.35. The van der Waals surface area contributed by atoms with Gasteiger partial charge in [-0.2, -0.15) is 0 Å². The fourth-order valence-electron chi connectivity index (χ4n) is 2.48. The number of hydrogen-bond donors (Lipinski definition) is 2. The van der Waals surface area contributed by atoms with Gasteiger partial charge in [0.15, 0.2) is 0 Å². The number of halogens is 1. The first-order valence-electron chi connectivity index (χ1n) is 6.88. The van der Waals surface area contributed by atoms with Crippen LogP contribution in [0.3, 0.4) is 0 Å². The molecule has 2 aromatic rings. The van der Waals surface area contributed by atoms with Crippen molar-refractivity contribution >= 4 is 23.5 Å². The predicted molar refractivity (Wildman–Crippen MR) is 79.9 cm³/mol. The Bertz CT molecular complexity index is 733. The topological polar surface area (TPSA) is 79.5 Å². The molecule has 1 aliphatic carbocycles. The lowest BCUT2D eigenvalue weighted by Crippen LogP contribution is -2.34. The molecule has 0 unspecified atom stereocenters. The lowest BCUT2D eigenvalue weighted by atomic mass is 9.95. The molecule has 114 valence electrons. The van der Waals surface area contributed by atoms with E-state index < -0.39 is 11.4 Å². The van der Waals surface area contributed by atoms with Crippen LogP contribution in [0.1, 0.15) is 34.7 Å². The quantitative estimate of drug-likeness (QED) is 0.888. The number of hydrogen-bond acceptors (Lipinski definition) is 3. The van der Waals surface area contributed by atoms with E-state index in [0.29, 0.717) is 10.8 Å². The van der Waals surface area contributed by atoms with Crippen molar-refractivity contribution in [3.8, 4) is 0 Å². The summed E-state index contributed by atoms with van der Waals surface area (Å²) in [4.78, 5) is 23.2. The van der Waals surface area contributed by atoms with E-state index >= 15 is 0 Å². The molecule has 1 aromatic carbocycles. The molecular formula is C16H14ClNO4. The minimum Gasteiger partial charge on any atom is -0.475 e. The Balaban J connectivity index is 1.68. The number of nitrogens with one attached hydrogen (secondary N) is 1. The molecule has 1 saturated carbocycles. The van der Waals surface area contributed by atoms with Crippen LogP contribution < -0.4 is 5.32 Å². The van der Waals surface area contributed by atoms with Gasteiger partial charge in [0.1, 0.15) is 5.76 Å². The summed E-state index contributed by atoms with van der Waals surface area (Å²) in [7, 11) is 0. The molecular weight excluding hydrogens is 306 g/mol. The maximum Gasteiger partial charge on any atom is 0.371 e. The van der Waals surface area contributed by atoms with Gasteiger partial charge in [-0.15, -0.1) is 0 Å². The van der Waals surface area contributed by atoms with Gasteiger partial charge in [-0.1, -0.05) is 23.7 Å². The lowest BCUT2D eigenvalue weighted by molar-refractivity contribution is -0.123. The molecule has 1 aliphatic rings. The summed E-state index contributed by atoms with van der Waals surface area (Å²) >= 11 is 5.99. The number of aromatic carboxylic acids is 1. The third-order valence-corrected chi connectivity index (χ3v) is 4.09. The Morgan fingerprint density at radius 3 is 2.64 bits per heavy atom. The molecule has 0 saturated heterocycles. The number of carbonyl (C=O) groups is 2. The molecule has 0 radical (unpaired) electrons. The SMILES string of the molecule is O=C(O)c1ccc(CNC(=O)C2(c3cccc(Cl)c3)CC2)o1. The highest BCUT2D eigenvalue weighted by molar-refractivity contribution is 6.30. The van der Waals surface area contributed by atoms with Crippen molar-refractivity contribution < 1.29 is 19.1 Å². The van der Waals surface area contributed by atoms with Crippen LogP contribution in [0.4, 0.5) is 0 Å². The maximum absolute atomic E-state index is 12.4. The predicted octanol–water partition coefficient (Wildman–Crippen LogP) is 2.98. The summed E-state index contributed by atoms with van der Waals surface area (Å²) in [6.45, 7) is 0.161. The molecule has 1 aromatic heterocycles. The molecule has 0 bridgehead atoms. The first-order chi connectivity index (χ1) is 10.5. The van der Waals surface area contributed by atoms with E-state index in [0.717, 1.165) is 18.4 Å². The minimum absolute atomic E-state index is 0.0944. The smallest absolute Gasteiger partial charge is 0.371 e. The molecule has 3 rings (SSSR count). The van der Waals surface area contributed by atoms with Crippen LogP contribution >= 0.6 is 11.6 Å². The molecule has 2 N–H and O–H groups in total. The van der Waals surface area contributed by atoms with Crippen LogP contribution in [0.2, 0.25) is 5.02 Å². The molecule has 0 aliphatic heterocycles. The monoisotopic (exact) mass is 319 g/mol. The van der Waals surface area contributed by atoms with Crippen LogP contribution in [0, 0.1) is 0 Å². The third-order valence-electron chi connectivity index (χ3n) is 3.86. The zero-order valence-electron chi connectivity index (χ0n) is 11.6. The fraction of sp³-hybridized carbons (Fsp3) is 0.250. The fourth-order valence-corrected chi connectivity index (χ4v) is 2.67. The molecule has 5 nitrogen and oxygen atoms in total. The van der Waals surface area contributed by atoms with Gasteiger partial charge in [0.2, 0.25) is 11.7 Å². The molecule has 1 heterocycles. The van der Waals surface area contributed by atoms with Gasteiger partial charge in [0.25, 0.3) is 0 Å². The first-order valence-corrected chi connectivity index (χ1v) is 7.25. The Labute approximate surface area is 131 Å². The van der Waals surface area contributed by atoms with Crippen molar-refractivity contribution in [2.45, 2.75) is 24.8 Å². The van der Waals surface area contributed by atoms with E-state index in [9.17, 15) is 9.59 Å². The van der Waals surface area contributed by atoms with Crippen molar-refractivity contribution in [3.63, 3.8) is 0 Å². The van der Waals surface area contributed by atoms with Gasteiger partial charge >= 0.3 is 5.97 Å². The third kappa shape index (κ3) is 2.72. The second-order valence-corrected chi connectivity index (χ2v) is 5.78. The van der Waals surface area contributed by atoms with E-state index in [2.05, 4.69) is 5.32 Å². The Hall–Kier alpha value is -2.27. The molecule has 0 spiro atoms. The molecule has 1 fully saturated rings. The van der Waals surface area contributed by atoms with Gasteiger partial charge < -0.3 is 14.8 Å². The van der Waals surface area contributed by atoms with E-state index in [1.165, 1.54) is 6.07 Å². The summed E-state index contributed by atoms with van der Waals surface area (Å²) < 4.78 is 5.12. The van der Waals surface area contributed by atoms with Crippen LogP contribution in [-0.2, 0) is 16.8 Å². The lowest BCUT2D eigenvalue weighted by Gasteiger charge is -2.15. The van der Waals surface area contributed by atoms with Crippen LogP contribution in [0.5, 0.6) is 0 Å². The number of carboxylic acids is 1. The highest BCUT2D eigenvalue weighted by atomic mass is 35.5. The van der Waals surface area contributed by atoms with Gasteiger partial charge in [-0.3, -0.25) is 4.79 Å². The van der Waals surface area contributed by atoms with E-state index in [1.807, 2.05) is 18.2 Å². The second kappa shape index (κ2) is 5.50. The average molecular weight is 320 g/mol. The van der Waals surface area contributed by atoms with E-state index in [1.54, 1.807) is 12.1 Å². The minimum atomic E-state index is -1.13. The Morgan fingerprint density at radius 1 is 1.27 bits per heavy atom. The summed E-state index contributed by atoms with van der Waals surface area (Å²) in [5.41, 5.74) is 0.385. The van der Waals surface area contributed by atoms with Crippen molar-refractivity contribution in [2.24, 2.45) is 0 Å². The summed E-state index contributed by atoms with van der Waals surface area (Å²) in [6, 6.07) is 10.2. The van der Waals surface area contributed by atoms with Gasteiger partial charge in [-0.25, -0.2) is 4.79 Å². The Morgan fingerprint density at radius 2 is 2.05 bits per heavy atom. The molecule has 6 heteroatoms. The standard InChI is InChI=1S/C16H14ClNO4/c17-11-3-1-2-10(8-11)16(6-7-16)15(21)18-9-12-4-5-13(22-12)14(19)20/h1-5,8H,6-7,9H2,(H,18,21)(H,19,20). The van der Waals surface area contributed by atoms with Gasteiger partial charge in [0.05, 0.1) is 12.0 Å². The summed E-state index contributed by atoms with van der Waals surface area (Å²) in [5.74, 6) is -0.953. The van der Waals surface area contributed by atoms with Crippen molar-refractivity contribution in [2.75, 3.05) is 0 Å². The number of carboxylic acid groups (broad SMARTS) is 1. The van der Waals surface area contributed by atoms with E-state index in [4.69, 9.17) is 21.1 Å². The number of amides is 1. The molecule has 1 amide bonds. The van der Waals surface area contributed by atoms with Crippen molar-refractivity contribution in [1.82, 2.24) is 5.32 Å². The van der Waals surface area contributed by atoms with E-state index in [-0.39, 0.29) is 18.2 Å². The largest absolute Gasteiger partial charge is 0.475 e. The normalized spacial score (nSPS) is 15.3. The first kappa shape index (κ1) is 14.7. The maximum atomic E-state index is 12.4. The highest BCUT2D eigenvalue weighted by Crippen LogP contribution is 2.48. The average Bonchev–Trinajstić information content (AvgIpc) is 3.16.